The van der Waals surface area contributed by atoms with Gasteiger partial charge in [0.05, 0.1) is 11.9 Å². The van der Waals surface area contributed by atoms with Crippen LogP contribution >= 0.6 is 0 Å². The van der Waals surface area contributed by atoms with E-state index in [1.54, 1.807) is 11.8 Å². The number of anilines is 1. The first-order valence-corrected chi connectivity index (χ1v) is 14.3. The maximum atomic E-state index is 13.3. The average Bonchev–Trinajstić information content (AvgIpc) is 3.34. The molecule has 1 fully saturated rings. The highest BCUT2D eigenvalue weighted by Gasteiger charge is 2.28. The zero-order chi connectivity index (χ0) is 26.3. The van der Waals surface area contributed by atoms with Crippen LogP contribution in [0.4, 0.5) is 10.1 Å². The minimum atomic E-state index is -3.62. The van der Waals surface area contributed by atoms with E-state index in [2.05, 4.69) is 5.32 Å². The van der Waals surface area contributed by atoms with Crippen molar-refractivity contribution < 1.29 is 22.4 Å². The van der Waals surface area contributed by atoms with E-state index in [0.717, 1.165) is 43.1 Å². The lowest BCUT2D eigenvalue weighted by Gasteiger charge is -2.30. The molecule has 1 N–H and O–H groups in total. The zero-order valence-corrected chi connectivity index (χ0v) is 22.1. The summed E-state index contributed by atoms with van der Waals surface area (Å²) in [6.45, 7) is 4.07. The van der Waals surface area contributed by atoms with Crippen molar-refractivity contribution in [2.45, 2.75) is 71.0 Å². The molecule has 2 aromatic rings. The topological polar surface area (TPSA) is 86.8 Å². The van der Waals surface area contributed by atoms with Gasteiger partial charge in [0.25, 0.3) is 0 Å². The molecule has 1 aliphatic rings. The summed E-state index contributed by atoms with van der Waals surface area (Å²) >= 11 is 0. The van der Waals surface area contributed by atoms with E-state index in [4.69, 9.17) is 0 Å². The Morgan fingerprint density at radius 1 is 1.06 bits per heavy atom. The van der Waals surface area contributed by atoms with Gasteiger partial charge in [-0.25, -0.2) is 12.8 Å². The molecular formula is C27H36FN3O4S. The van der Waals surface area contributed by atoms with E-state index in [1.165, 1.54) is 28.6 Å². The van der Waals surface area contributed by atoms with Crippen LogP contribution in [-0.4, -0.2) is 50.0 Å². The monoisotopic (exact) mass is 517 g/mol. The van der Waals surface area contributed by atoms with E-state index in [-0.39, 0.29) is 43.8 Å². The second-order valence-electron chi connectivity index (χ2n) is 9.59. The van der Waals surface area contributed by atoms with E-state index in [9.17, 15) is 22.4 Å². The Morgan fingerprint density at radius 2 is 1.67 bits per heavy atom. The Hall–Kier alpha value is -2.94. The number of carbonyl (C=O) groups excluding carboxylic acids is 2. The third-order valence-corrected chi connectivity index (χ3v) is 7.80. The predicted molar refractivity (Wildman–Crippen MR) is 139 cm³/mol. The highest BCUT2D eigenvalue weighted by molar-refractivity contribution is 7.92. The van der Waals surface area contributed by atoms with Gasteiger partial charge >= 0.3 is 0 Å². The molecule has 1 atom stereocenters. The number of nitrogens with one attached hydrogen (secondary N) is 1. The molecule has 3 rings (SSSR count). The first-order valence-electron chi connectivity index (χ1n) is 12.4. The fourth-order valence-corrected chi connectivity index (χ4v) is 5.44. The quantitative estimate of drug-likeness (QED) is 0.485. The van der Waals surface area contributed by atoms with Gasteiger partial charge in [-0.2, -0.15) is 0 Å². The number of halogens is 1. The molecular weight excluding hydrogens is 481 g/mol. The molecule has 9 heteroatoms. The van der Waals surface area contributed by atoms with Gasteiger partial charge < -0.3 is 10.2 Å². The van der Waals surface area contributed by atoms with Crippen LogP contribution in [0, 0.1) is 12.7 Å². The summed E-state index contributed by atoms with van der Waals surface area (Å²) in [4.78, 5) is 27.9. The molecule has 1 aliphatic carbocycles. The molecule has 2 aromatic carbocycles. The number of amides is 2. The molecule has 1 unspecified atom stereocenters. The summed E-state index contributed by atoms with van der Waals surface area (Å²) in [5, 5.41) is 3.08. The lowest BCUT2D eigenvalue weighted by Crippen LogP contribution is -2.49. The zero-order valence-electron chi connectivity index (χ0n) is 21.2. The number of benzene rings is 2. The standard InChI is InChI=1S/C27H36FN3O4S/c1-20-10-12-22(13-11-20)19-30(21(2)27(33)29-24-7-4-5-8-24)26(32)9-6-18-31(36(3,34)35)25-16-14-23(28)15-17-25/h10-17,21,24H,4-9,18-19H2,1-3H3,(H,29,33). The first-order chi connectivity index (χ1) is 17.0. The van der Waals surface area contributed by atoms with Crippen molar-refractivity contribution in [3.8, 4) is 0 Å². The fraction of sp³-hybridized carbons (Fsp3) is 0.481. The smallest absolute Gasteiger partial charge is 0.242 e. The van der Waals surface area contributed by atoms with Crippen LogP contribution in [0.3, 0.4) is 0 Å². The van der Waals surface area contributed by atoms with Crippen LogP contribution in [0.1, 0.15) is 56.6 Å². The van der Waals surface area contributed by atoms with E-state index in [1.807, 2.05) is 31.2 Å². The Kier molecular flexibility index (Phi) is 9.48. The van der Waals surface area contributed by atoms with Crippen LogP contribution in [0.15, 0.2) is 48.5 Å². The lowest BCUT2D eigenvalue weighted by molar-refractivity contribution is -0.141. The molecule has 0 bridgehead atoms. The molecule has 7 nitrogen and oxygen atoms in total. The maximum Gasteiger partial charge on any atom is 0.242 e. The third-order valence-electron chi connectivity index (χ3n) is 6.61. The van der Waals surface area contributed by atoms with Crippen molar-refractivity contribution in [1.82, 2.24) is 10.2 Å². The Labute approximate surface area is 213 Å². The van der Waals surface area contributed by atoms with Crippen molar-refractivity contribution in [3.05, 3.63) is 65.5 Å². The third kappa shape index (κ3) is 7.78. The fourth-order valence-electron chi connectivity index (χ4n) is 4.48. The molecule has 0 radical (unpaired) electrons. The summed E-state index contributed by atoms with van der Waals surface area (Å²) in [7, 11) is -3.62. The highest BCUT2D eigenvalue weighted by Crippen LogP contribution is 2.21. The van der Waals surface area contributed by atoms with Gasteiger partial charge in [0.1, 0.15) is 11.9 Å². The molecule has 0 spiro atoms. The molecule has 196 valence electrons. The second kappa shape index (κ2) is 12.3. The summed E-state index contributed by atoms with van der Waals surface area (Å²) < 4.78 is 39.2. The summed E-state index contributed by atoms with van der Waals surface area (Å²) in [6, 6.07) is 12.5. The van der Waals surface area contributed by atoms with Crippen LogP contribution in [0.25, 0.3) is 0 Å². The van der Waals surface area contributed by atoms with Gasteiger partial charge in [-0.15, -0.1) is 0 Å². The van der Waals surface area contributed by atoms with E-state index in [0.29, 0.717) is 5.69 Å². The molecule has 1 saturated carbocycles. The van der Waals surface area contributed by atoms with Gasteiger partial charge in [-0.3, -0.25) is 13.9 Å². The SMILES string of the molecule is Cc1ccc(CN(C(=O)CCCN(c2ccc(F)cc2)S(C)(=O)=O)C(C)C(=O)NC2CCCC2)cc1. The Bertz CT molecular complexity index is 1130. The number of hydrogen-bond donors (Lipinski definition) is 1. The summed E-state index contributed by atoms with van der Waals surface area (Å²) in [5.74, 6) is -0.859. The van der Waals surface area contributed by atoms with Crippen molar-refractivity contribution in [2.75, 3.05) is 17.1 Å². The van der Waals surface area contributed by atoms with Gasteiger partial charge in [0, 0.05) is 25.6 Å². The lowest BCUT2D eigenvalue weighted by atomic mass is 10.1. The molecule has 36 heavy (non-hydrogen) atoms. The van der Waals surface area contributed by atoms with Gasteiger partial charge in [0.2, 0.25) is 21.8 Å². The van der Waals surface area contributed by atoms with Crippen LogP contribution in [0.5, 0.6) is 0 Å². The van der Waals surface area contributed by atoms with Crippen LogP contribution < -0.4 is 9.62 Å². The molecule has 0 aliphatic heterocycles. The molecule has 2 amide bonds. The van der Waals surface area contributed by atoms with Crippen molar-refractivity contribution in [3.63, 3.8) is 0 Å². The van der Waals surface area contributed by atoms with Crippen molar-refractivity contribution >= 4 is 27.5 Å². The van der Waals surface area contributed by atoms with Gasteiger partial charge in [-0.05, 0) is 62.9 Å². The average molecular weight is 518 g/mol. The van der Waals surface area contributed by atoms with Gasteiger partial charge in [-0.1, -0.05) is 42.7 Å². The van der Waals surface area contributed by atoms with Gasteiger partial charge in [0.15, 0.2) is 0 Å². The maximum absolute atomic E-state index is 13.3. The normalized spacial score (nSPS) is 14.9. The minimum absolute atomic E-state index is 0.0667. The van der Waals surface area contributed by atoms with E-state index < -0.39 is 21.9 Å². The second-order valence-corrected chi connectivity index (χ2v) is 11.5. The minimum Gasteiger partial charge on any atom is -0.352 e. The largest absolute Gasteiger partial charge is 0.352 e. The molecule has 0 aromatic heterocycles. The number of rotatable bonds is 11. The predicted octanol–water partition coefficient (Wildman–Crippen LogP) is 4.16. The first kappa shape index (κ1) is 27.6. The van der Waals surface area contributed by atoms with Crippen LogP contribution in [0.2, 0.25) is 0 Å². The van der Waals surface area contributed by atoms with Crippen molar-refractivity contribution in [1.29, 1.82) is 0 Å². The Morgan fingerprint density at radius 3 is 2.25 bits per heavy atom. The molecule has 0 heterocycles. The highest BCUT2D eigenvalue weighted by atomic mass is 32.2. The molecule has 0 saturated heterocycles. The number of aryl methyl sites for hydroxylation is 1. The number of carbonyl (C=O) groups is 2. The number of nitrogens with zero attached hydrogens (tertiary/aromatic N) is 2. The van der Waals surface area contributed by atoms with E-state index >= 15 is 0 Å². The Balaban J connectivity index is 1.70. The van der Waals surface area contributed by atoms with Crippen LogP contribution in [-0.2, 0) is 26.2 Å². The van der Waals surface area contributed by atoms with Crippen molar-refractivity contribution in [2.24, 2.45) is 0 Å². The summed E-state index contributed by atoms with van der Waals surface area (Å²) in [6.07, 6.45) is 5.50. The number of sulfonamides is 1. The number of hydrogen-bond acceptors (Lipinski definition) is 4. The summed E-state index contributed by atoms with van der Waals surface area (Å²) in [5.41, 5.74) is 2.36.